The van der Waals surface area contributed by atoms with Gasteiger partial charge in [-0.15, -0.1) is 0 Å². The minimum atomic E-state index is -4.58. The van der Waals surface area contributed by atoms with Gasteiger partial charge in [-0.25, -0.2) is 0 Å². The van der Waals surface area contributed by atoms with E-state index in [-0.39, 0.29) is 35.3 Å². The van der Waals surface area contributed by atoms with E-state index < -0.39 is 29.0 Å². The van der Waals surface area contributed by atoms with E-state index in [2.05, 4.69) is 4.98 Å². The number of aromatic amines is 1. The zero-order valence-corrected chi connectivity index (χ0v) is 15.7. The highest BCUT2D eigenvalue weighted by Gasteiger charge is 2.34. The second-order valence-corrected chi connectivity index (χ2v) is 7.40. The number of nitrogens with zero attached hydrogens (tertiary/aromatic N) is 1. The number of benzene rings is 2. The molecule has 6 nitrogen and oxygen atoms in total. The lowest BCUT2D eigenvalue weighted by Crippen LogP contribution is -2.42. The van der Waals surface area contributed by atoms with Crippen molar-refractivity contribution in [1.82, 2.24) is 9.88 Å². The maximum atomic E-state index is 13.1. The summed E-state index contributed by atoms with van der Waals surface area (Å²) in [5.41, 5.74) is 5.63. The summed E-state index contributed by atoms with van der Waals surface area (Å²) in [5, 5.41) is 9.56. The lowest BCUT2D eigenvalue weighted by molar-refractivity contribution is -0.137. The van der Waals surface area contributed by atoms with Crippen molar-refractivity contribution in [2.75, 3.05) is 6.54 Å². The number of fused-ring (bicyclic) bond motifs is 2. The first-order valence-electron chi connectivity index (χ1n) is 9.19. The number of rotatable bonds is 3. The number of hydrogen-bond acceptors (Lipinski definition) is 4. The number of phenols is 1. The first-order chi connectivity index (χ1) is 14.1. The van der Waals surface area contributed by atoms with Crippen LogP contribution < -0.4 is 11.2 Å². The van der Waals surface area contributed by atoms with E-state index in [4.69, 9.17) is 5.73 Å². The smallest absolute Gasteiger partial charge is 0.416 e. The van der Waals surface area contributed by atoms with E-state index in [1.54, 1.807) is 23.1 Å². The maximum Gasteiger partial charge on any atom is 0.416 e. The van der Waals surface area contributed by atoms with Gasteiger partial charge >= 0.3 is 6.18 Å². The van der Waals surface area contributed by atoms with Crippen LogP contribution in [-0.4, -0.2) is 27.4 Å². The van der Waals surface area contributed by atoms with E-state index in [0.717, 1.165) is 17.7 Å². The third-order valence-electron chi connectivity index (χ3n) is 5.29. The normalized spacial score (nSPS) is 17.1. The molecule has 1 aromatic heterocycles. The Kier molecular flexibility index (Phi) is 4.77. The highest BCUT2D eigenvalue weighted by atomic mass is 19.4. The number of aromatic hydroxyl groups is 1. The van der Waals surface area contributed by atoms with Crippen molar-refractivity contribution in [3.63, 3.8) is 0 Å². The van der Waals surface area contributed by atoms with E-state index in [1.807, 2.05) is 0 Å². The molecule has 3 aromatic rings. The molecule has 1 unspecified atom stereocenters. The third-order valence-corrected chi connectivity index (χ3v) is 5.29. The Morgan fingerprint density at radius 1 is 1.23 bits per heavy atom. The summed E-state index contributed by atoms with van der Waals surface area (Å²) in [6.07, 6.45) is -4.58. The van der Waals surface area contributed by atoms with Crippen LogP contribution in [0.3, 0.4) is 0 Å². The number of phenolic OH excluding ortho intramolecular Hbond substituents is 1. The fourth-order valence-electron chi connectivity index (χ4n) is 3.88. The van der Waals surface area contributed by atoms with Crippen molar-refractivity contribution in [3.05, 3.63) is 75.1 Å². The maximum absolute atomic E-state index is 13.1. The molecule has 0 spiro atoms. The number of pyridine rings is 1. The zero-order valence-electron chi connectivity index (χ0n) is 15.7. The first kappa shape index (κ1) is 20.0. The minimum Gasteiger partial charge on any atom is -0.508 e. The van der Waals surface area contributed by atoms with Crippen LogP contribution in [0.2, 0.25) is 0 Å². The Morgan fingerprint density at radius 2 is 2.00 bits per heavy atom. The van der Waals surface area contributed by atoms with Crippen molar-refractivity contribution >= 4 is 16.8 Å². The molecular weight excluding hydrogens is 399 g/mol. The lowest BCUT2D eigenvalue weighted by atomic mass is 9.92. The van der Waals surface area contributed by atoms with E-state index >= 15 is 0 Å². The molecule has 156 valence electrons. The molecule has 0 radical (unpaired) electrons. The number of alkyl halides is 3. The number of amides is 1. The molecule has 2 aromatic carbocycles. The second-order valence-electron chi connectivity index (χ2n) is 7.40. The monoisotopic (exact) mass is 417 g/mol. The highest BCUT2D eigenvalue weighted by molar-refractivity contribution is 5.85. The highest BCUT2D eigenvalue weighted by Crippen LogP contribution is 2.32. The molecule has 0 fully saturated rings. The predicted octanol–water partition coefficient (Wildman–Crippen LogP) is 2.84. The Labute approximate surface area is 168 Å². The van der Waals surface area contributed by atoms with E-state index in [0.29, 0.717) is 12.2 Å². The number of halogens is 3. The van der Waals surface area contributed by atoms with E-state index in [9.17, 15) is 27.9 Å². The van der Waals surface area contributed by atoms with Gasteiger partial charge in [0.1, 0.15) is 5.75 Å². The number of nitrogens with two attached hydrogens (primary N) is 1. The average Bonchev–Trinajstić information content (AvgIpc) is 2.67. The fraction of sp³-hybridized carbons (Fsp3) is 0.238. The fourth-order valence-corrected chi connectivity index (χ4v) is 3.88. The predicted molar refractivity (Wildman–Crippen MR) is 104 cm³/mol. The first-order valence-corrected chi connectivity index (χ1v) is 9.19. The third kappa shape index (κ3) is 3.63. The van der Waals surface area contributed by atoms with Crippen LogP contribution in [0.5, 0.6) is 5.75 Å². The second kappa shape index (κ2) is 7.17. The van der Waals surface area contributed by atoms with Crippen LogP contribution in [0.15, 0.2) is 47.3 Å². The van der Waals surface area contributed by atoms with Crippen LogP contribution in [0.4, 0.5) is 13.2 Å². The van der Waals surface area contributed by atoms with Gasteiger partial charge in [-0.1, -0.05) is 12.1 Å². The Balaban J connectivity index is 1.80. The standard InChI is InChI=1S/C21H18F3N3O3/c22-21(23,24)12-4-5-17-14(7-12)19(29)15-9-27(8-11-2-1-3-13(28)6-11)10-16(20(25)30)18(15)26-17/h1-7,16,28H,8-10H2,(H2,25,30)(H,26,29). The van der Waals surface area contributed by atoms with Gasteiger partial charge in [0.15, 0.2) is 5.43 Å². The number of carbonyl (C=O) groups excluding carboxylic acids is 1. The molecule has 0 saturated heterocycles. The number of H-pyrrole nitrogens is 1. The topological polar surface area (TPSA) is 99.4 Å². The number of carbonyl (C=O) groups is 1. The number of nitrogens with one attached hydrogen (secondary N) is 1. The number of aromatic nitrogens is 1. The largest absolute Gasteiger partial charge is 0.508 e. The van der Waals surface area contributed by atoms with Crippen molar-refractivity contribution in [1.29, 1.82) is 0 Å². The van der Waals surface area contributed by atoms with Gasteiger partial charge in [0.25, 0.3) is 0 Å². The molecule has 1 aliphatic heterocycles. The Hall–Kier alpha value is -3.33. The Bertz CT molecular complexity index is 1200. The Morgan fingerprint density at radius 3 is 2.67 bits per heavy atom. The molecule has 0 bridgehead atoms. The van der Waals surface area contributed by atoms with Gasteiger partial charge in [-0.05, 0) is 35.9 Å². The molecular formula is C21H18F3N3O3. The van der Waals surface area contributed by atoms with Gasteiger partial charge in [0, 0.05) is 41.8 Å². The lowest BCUT2D eigenvalue weighted by Gasteiger charge is -2.33. The molecule has 1 atom stereocenters. The summed E-state index contributed by atoms with van der Waals surface area (Å²) >= 11 is 0. The van der Waals surface area contributed by atoms with Crippen molar-refractivity contribution in [3.8, 4) is 5.75 Å². The number of hydrogen-bond donors (Lipinski definition) is 3. The molecule has 1 aliphatic rings. The molecule has 9 heteroatoms. The van der Waals surface area contributed by atoms with Gasteiger partial charge in [-0.2, -0.15) is 13.2 Å². The van der Waals surface area contributed by atoms with E-state index in [1.165, 1.54) is 12.1 Å². The summed E-state index contributed by atoms with van der Waals surface area (Å²) in [6.45, 7) is 0.702. The SMILES string of the molecule is NC(=O)C1CN(Cc2cccc(O)c2)Cc2c1[nH]c1ccc(C(F)(F)F)cc1c2=O. The van der Waals surface area contributed by atoms with Gasteiger partial charge < -0.3 is 15.8 Å². The van der Waals surface area contributed by atoms with Crippen LogP contribution in [-0.2, 0) is 24.1 Å². The van der Waals surface area contributed by atoms with Crippen LogP contribution in [0.25, 0.3) is 10.9 Å². The van der Waals surface area contributed by atoms with Gasteiger partial charge in [-0.3, -0.25) is 14.5 Å². The van der Waals surface area contributed by atoms with Crippen molar-refractivity contribution in [2.24, 2.45) is 5.73 Å². The van der Waals surface area contributed by atoms with Crippen molar-refractivity contribution in [2.45, 2.75) is 25.2 Å². The molecule has 4 rings (SSSR count). The zero-order chi connectivity index (χ0) is 21.6. The summed E-state index contributed by atoms with van der Waals surface area (Å²) < 4.78 is 39.3. The number of primary amides is 1. The molecule has 1 amide bonds. The van der Waals surface area contributed by atoms with Crippen LogP contribution in [0.1, 0.15) is 28.3 Å². The van der Waals surface area contributed by atoms with Crippen LogP contribution in [0, 0.1) is 0 Å². The molecule has 2 heterocycles. The van der Waals surface area contributed by atoms with Gasteiger partial charge in [0.05, 0.1) is 11.5 Å². The van der Waals surface area contributed by atoms with Gasteiger partial charge in [0.2, 0.25) is 5.91 Å². The quantitative estimate of drug-likeness (QED) is 0.610. The summed E-state index contributed by atoms with van der Waals surface area (Å²) in [7, 11) is 0. The van der Waals surface area contributed by atoms with Crippen molar-refractivity contribution < 1.29 is 23.1 Å². The molecule has 30 heavy (non-hydrogen) atoms. The summed E-state index contributed by atoms with van der Waals surface area (Å²) in [4.78, 5) is 29.9. The summed E-state index contributed by atoms with van der Waals surface area (Å²) in [6, 6.07) is 9.45. The molecule has 0 saturated carbocycles. The summed E-state index contributed by atoms with van der Waals surface area (Å²) in [5.74, 6) is -1.37. The minimum absolute atomic E-state index is 0.0832. The average molecular weight is 417 g/mol. The molecule has 4 N–H and O–H groups in total. The molecule has 0 aliphatic carbocycles. The van der Waals surface area contributed by atoms with Crippen LogP contribution >= 0.6 is 0 Å².